The van der Waals surface area contributed by atoms with E-state index in [0.717, 1.165) is 19.1 Å². The molecule has 0 aliphatic heterocycles. The van der Waals surface area contributed by atoms with Gasteiger partial charge in [-0.3, -0.25) is 0 Å². The monoisotopic (exact) mass is 124 g/mol. The van der Waals surface area contributed by atoms with Crippen LogP contribution < -0.4 is 0 Å². The number of rotatable bonds is 3. The molecule has 0 rings (SSSR count). The normalized spacial score (nSPS) is 7.67. The zero-order valence-corrected chi connectivity index (χ0v) is 5.81. The number of hydrogen-bond donors (Lipinski definition) is 0. The Bertz CT molecular complexity index is 116. The van der Waals surface area contributed by atoms with E-state index >= 15 is 0 Å². The SMILES string of the molecule is CCCCC#CCC=O. The van der Waals surface area contributed by atoms with Crippen LogP contribution >= 0.6 is 0 Å². The van der Waals surface area contributed by atoms with Crippen molar-refractivity contribution >= 4 is 6.29 Å². The molecule has 1 nitrogen and oxygen atoms in total. The zero-order valence-electron chi connectivity index (χ0n) is 5.81. The smallest absolute Gasteiger partial charge is 0.131 e. The van der Waals surface area contributed by atoms with Crippen LogP contribution in [0.2, 0.25) is 0 Å². The van der Waals surface area contributed by atoms with Gasteiger partial charge in [-0.2, -0.15) is 0 Å². The van der Waals surface area contributed by atoms with Crippen molar-refractivity contribution < 1.29 is 4.79 Å². The van der Waals surface area contributed by atoms with E-state index in [4.69, 9.17) is 0 Å². The molecule has 0 aromatic heterocycles. The quantitative estimate of drug-likeness (QED) is 0.318. The minimum absolute atomic E-state index is 0.393. The molecule has 0 aromatic carbocycles. The minimum Gasteiger partial charge on any atom is -0.302 e. The van der Waals surface area contributed by atoms with E-state index in [2.05, 4.69) is 18.8 Å². The molecule has 0 radical (unpaired) electrons. The molecule has 0 saturated heterocycles. The van der Waals surface area contributed by atoms with Gasteiger partial charge < -0.3 is 4.79 Å². The largest absolute Gasteiger partial charge is 0.302 e. The molecule has 0 spiro atoms. The van der Waals surface area contributed by atoms with Crippen LogP contribution in [0.5, 0.6) is 0 Å². The topological polar surface area (TPSA) is 17.1 Å². The molecule has 0 fully saturated rings. The molecule has 0 atom stereocenters. The second-order valence-corrected chi connectivity index (χ2v) is 1.83. The molecule has 0 aliphatic rings. The summed E-state index contributed by atoms with van der Waals surface area (Å²) < 4.78 is 0. The Kier molecular flexibility index (Phi) is 6.61. The average molecular weight is 124 g/mol. The van der Waals surface area contributed by atoms with Gasteiger partial charge in [-0.15, -0.1) is 5.92 Å². The molecular weight excluding hydrogens is 112 g/mol. The van der Waals surface area contributed by atoms with Gasteiger partial charge in [0.05, 0.1) is 6.42 Å². The van der Waals surface area contributed by atoms with E-state index in [1.165, 1.54) is 6.42 Å². The molecule has 0 heterocycles. The van der Waals surface area contributed by atoms with Crippen LogP contribution in [0.15, 0.2) is 0 Å². The lowest BCUT2D eigenvalue weighted by Crippen LogP contribution is -1.69. The fourth-order valence-corrected chi connectivity index (χ4v) is 0.467. The third kappa shape index (κ3) is 7.23. The summed E-state index contributed by atoms with van der Waals surface area (Å²) >= 11 is 0. The Morgan fingerprint density at radius 1 is 1.44 bits per heavy atom. The molecule has 0 N–H and O–H groups in total. The second kappa shape index (κ2) is 7.23. The molecule has 0 bridgehead atoms. The van der Waals surface area contributed by atoms with E-state index in [1.54, 1.807) is 0 Å². The molecule has 0 unspecified atom stereocenters. The highest BCUT2D eigenvalue weighted by Gasteiger charge is 1.74. The van der Waals surface area contributed by atoms with Crippen LogP contribution in [0.1, 0.15) is 32.6 Å². The lowest BCUT2D eigenvalue weighted by Gasteiger charge is -1.81. The van der Waals surface area contributed by atoms with Crippen molar-refractivity contribution in [3.8, 4) is 11.8 Å². The Morgan fingerprint density at radius 3 is 2.78 bits per heavy atom. The second-order valence-electron chi connectivity index (χ2n) is 1.83. The summed E-state index contributed by atoms with van der Waals surface area (Å²) in [4.78, 5) is 9.74. The van der Waals surface area contributed by atoms with Crippen molar-refractivity contribution in [2.45, 2.75) is 32.6 Å². The van der Waals surface area contributed by atoms with Gasteiger partial charge in [0.2, 0.25) is 0 Å². The summed E-state index contributed by atoms with van der Waals surface area (Å²) in [5.74, 6) is 5.66. The number of unbranched alkanes of at least 4 members (excludes halogenated alkanes) is 2. The highest BCUT2D eigenvalue weighted by molar-refractivity contribution is 5.53. The van der Waals surface area contributed by atoms with Crippen molar-refractivity contribution in [2.75, 3.05) is 0 Å². The summed E-state index contributed by atoms with van der Waals surface area (Å²) in [6, 6.07) is 0. The van der Waals surface area contributed by atoms with Crippen molar-refractivity contribution in [3.63, 3.8) is 0 Å². The molecular formula is C8H12O. The van der Waals surface area contributed by atoms with Gasteiger partial charge in [0.25, 0.3) is 0 Å². The van der Waals surface area contributed by atoms with Crippen molar-refractivity contribution in [1.29, 1.82) is 0 Å². The maximum absolute atomic E-state index is 9.74. The highest BCUT2D eigenvalue weighted by Crippen LogP contribution is 1.90. The Balaban J connectivity index is 3.05. The number of aldehydes is 1. The van der Waals surface area contributed by atoms with E-state index in [1.807, 2.05) is 0 Å². The summed E-state index contributed by atoms with van der Waals surface area (Å²) in [5, 5.41) is 0. The summed E-state index contributed by atoms with van der Waals surface area (Å²) in [6.45, 7) is 2.13. The molecule has 0 saturated carbocycles. The van der Waals surface area contributed by atoms with Gasteiger partial charge >= 0.3 is 0 Å². The first kappa shape index (κ1) is 8.23. The van der Waals surface area contributed by atoms with Gasteiger partial charge in [-0.1, -0.05) is 19.3 Å². The molecule has 0 amide bonds. The average Bonchev–Trinajstić information content (AvgIpc) is 1.89. The van der Waals surface area contributed by atoms with Gasteiger partial charge in [-0.25, -0.2) is 0 Å². The summed E-state index contributed by atoms with van der Waals surface area (Å²) in [7, 11) is 0. The van der Waals surface area contributed by atoms with E-state index in [9.17, 15) is 4.79 Å². The molecule has 1 heteroatoms. The summed E-state index contributed by atoms with van der Waals surface area (Å²) in [6.07, 6.45) is 4.48. The highest BCUT2D eigenvalue weighted by atomic mass is 16.1. The van der Waals surface area contributed by atoms with E-state index in [-0.39, 0.29) is 0 Å². The fraction of sp³-hybridized carbons (Fsp3) is 0.625. The van der Waals surface area contributed by atoms with Crippen LogP contribution in [-0.2, 0) is 4.79 Å². The van der Waals surface area contributed by atoms with Crippen molar-refractivity contribution in [3.05, 3.63) is 0 Å². The van der Waals surface area contributed by atoms with Gasteiger partial charge in [0, 0.05) is 6.42 Å². The van der Waals surface area contributed by atoms with Gasteiger partial charge in [0.15, 0.2) is 0 Å². The van der Waals surface area contributed by atoms with E-state index in [0.29, 0.717) is 6.42 Å². The summed E-state index contributed by atoms with van der Waals surface area (Å²) in [5.41, 5.74) is 0. The van der Waals surface area contributed by atoms with Crippen LogP contribution in [0.25, 0.3) is 0 Å². The standard InChI is InChI=1S/C8H12O/c1-2-3-4-5-6-7-8-9/h8H,2-4,7H2,1H3. The first-order chi connectivity index (χ1) is 4.41. The van der Waals surface area contributed by atoms with Crippen LogP contribution in [0.4, 0.5) is 0 Å². The number of carbonyl (C=O) groups is 1. The van der Waals surface area contributed by atoms with Crippen molar-refractivity contribution in [1.82, 2.24) is 0 Å². The predicted molar refractivity (Wildman–Crippen MR) is 38.0 cm³/mol. The lowest BCUT2D eigenvalue weighted by molar-refractivity contribution is -0.107. The molecule has 0 aliphatic carbocycles. The number of carbonyl (C=O) groups excluding carboxylic acids is 1. The molecule has 9 heavy (non-hydrogen) atoms. The zero-order chi connectivity index (χ0) is 6.95. The minimum atomic E-state index is 0.393. The van der Waals surface area contributed by atoms with Gasteiger partial charge in [-0.05, 0) is 6.42 Å². The van der Waals surface area contributed by atoms with Gasteiger partial charge in [0.1, 0.15) is 6.29 Å². The third-order valence-electron chi connectivity index (χ3n) is 0.966. The maximum atomic E-state index is 9.74. The Labute approximate surface area is 56.5 Å². The van der Waals surface area contributed by atoms with Crippen LogP contribution in [0, 0.1) is 11.8 Å². The van der Waals surface area contributed by atoms with Crippen LogP contribution in [-0.4, -0.2) is 6.29 Å². The maximum Gasteiger partial charge on any atom is 0.131 e. The molecule has 0 aromatic rings. The first-order valence-corrected chi connectivity index (χ1v) is 3.31. The Morgan fingerprint density at radius 2 is 2.22 bits per heavy atom. The molecule has 50 valence electrons. The van der Waals surface area contributed by atoms with E-state index < -0.39 is 0 Å². The van der Waals surface area contributed by atoms with Crippen LogP contribution in [0.3, 0.4) is 0 Å². The fourth-order valence-electron chi connectivity index (χ4n) is 0.467. The van der Waals surface area contributed by atoms with Crippen molar-refractivity contribution in [2.24, 2.45) is 0 Å². The predicted octanol–water partition coefficient (Wildman–Crippen LogP) is 1.77. The number of hydrogen-bond acceptors (Lipinski definition) is 1. The Hall–Kier alpha value is -0.770. The first-order valence-electron chi connectivity index (χ1n) is 3.31. The third-order valence-corrected chi connectivity index (χ3v) is 0.966. The lowest BCUT2D eigenvalue weighted by atomic mass is 10.2.